The molecule has 0 saturated heterocycles. The lowest BCUT2D eigenvalue weighted by Crippen LogP contribution is -2.30. The number of rotatable bonds is 10. The average molecular weight is 705 g/mol. The van der Waals surface area contributed by atoms with Gasteiger partial charge in [0.2, 0.25) is 0 Å². The summed E-state index contributed by atoms with van der Waals surface area (Å²) in [5.41, 5.74) is 7.87. The molecule has 4 heterocycles. The third-order valence-corrected chi connectivity index (χ3v) is 11.0. The number of aromatic amines is 1. The predicted octanol–water partition coefficient (Wildman–Crippen LogP) is 8.18. The van der Waals surface area contributed by atoms with Gasteiger partial charge in [-0.05, 0) is 79.3 Å². The molecule has 1 fully saturated rings. The number of carbonyl (C=O) groups is 2. The number of methoxy groups -OCH3 is 1. The van der Waals surface area contributed by atoms with Crippen LogP contribution in [-0.4, -0.2) is 51.8 Å². The zero-order valence-corrected chi connectivity index (χ0v) is 29.5. The summed E-state index contributed by atoms with van der Waals surface area (Å²) in [5.74, 6) is 1.28. The summed E-state index contributed by atoms with van der Waals surface area (Å²) in [4.78, 5) is 33.4. The van der Waals surface area contributed by atoms with Gasteiger partial charge in [0.15, 0.2) is 6.61 Å². The predicted molar refractivity (Wildman–Crippen MR) is 197 cm³/mol. The van der Waals surface area contributed by atoms with Crippen molar-refractivity contribution >= 4 is 45.0 Å². The molecule has 262 valence electrons. The number of H-pyrrole nitrogens is 1. The third kappa shape index (κ3) is 6.42. The number of aryl methyl sites for hydroxylation is 1. The summed E-state index contributed by atoms with van der Waals surface area (Å²) in [6.07, 6.45) is 8.40. The molecule has 0 spiro atoms. The number of carboxylic acid groups (broad SMARTS) is 1. The van der Waals surface area contributed by atoms with E-state index in [0.29, 0.717) is 36.8 Å². The number of nitrogens with zero attached hydrogens (tertiary/aromatic N) is 2. The van der Waals surface area contributed by atoms with Crippen LogP contribution in [0.1, 0.15) is 76.3 Å². The Hall–Kier alpha value is -5.29. The Morgan fingerprint density at radius 1 is 1.08 bits per heavy atom. The molecule has 11 heteroatoms. The highest BCUT2D eigenvalue weighted by atomic mass is 32.1. The first-order valence-corrected chi connectivity index (χ1v) is 18.4. The molecule has 1 aliphatic carbocycles. The fourth-order valence-electron chi connectivity index (χ4n) is 7.83. The van der Waals surface area contributed by atoms with Gasteiger partial charge >= 0.3 is 5.97 Å². The summed E-state index contributed by atoms with van der Waals surface area (Å²) >= 11 is 1.55. The van der Waals surface area contributed by atoms with Gasteiger partial charge in [-0.25, -0.2) is 9.78 Å². The number of carbonyl (C=O) groups excluding carboxylic acids is 1. The Bertz CT molecular complexity index is 2260. The van der Waals surface area contributed by atoms with Crippen LogP contribution in [0.3, 0.4) is 0 Å². The maximum absolute atomic E-state index is 14.2. The molecule has 1 aliphatic heterocycles. The molecule has 6 aromatic rings. The van der Waals surface area contributed by atoms with Crippen molar-refractivity contribution in [1.29, 1.82) is 0 Å². The van der Waals surface area contributed by atoms with E-state index in [-0.39, 0.29) is 5.91 Å². The molecule has 51 heavy (non-hydrogen) atoms. The average Bonchev–Trinajstić information content (AvgIpc) is 3.82. The van der Waals surface area contributed by atoms with E-state index < -0.39 is 18.6 Å². The first kappa shape index (κ1) is 32.9. The van der Waals surface area contributed by atoms with Crippen LogP contribution < -0.4 is 19.5 Å². The lowest BCUT2D eigenvalue weighted by molar-refractivity contribution is -0.139. The van der Waals surface area contributed by atoms with E-state index in [2.05, 4.69) is 27.0 Å². The highest BCUT2D eigenvalue weighted by Crippen LogP contribution is 2.48. The molecule has 1 amide bonds. The fraction of sp³-hybridized carbons (Fsp3) is 0.325. The molecule has 1 saturated carbocycles. The smallest absolute Gasteiger partial charge is 0.341 e. The van der Waals surface area contributed by atoms with Gasteiger partial charge in [-0.1, -0.05) is 25.3 Å². The molecule has 8 rings (SSSR count). The minimum Gasteiger partial charge on any atom is -0.497 e. The van der Waals surface area contributed by atoms with Crippen LogP contribution in [0.5, 0.6) is 17.2 Å². The summed E-state index contributed by atoms with van der Waals surface area (Å²) in [5, 5.41) is 17.4. The van der Waals surface area contributed by atoms with Crippen molar-refractivity contribution in [3.8, 4) is 28.5 Å². The number of benzene rings is 3. The number of amides is 1. The number of carboxylic acids is 1. The van der Waals surface area contributed by atoms with Gasteiger partial charge in [0.05, 0.1) is 36.1 Å². The number of thiazole rings is 1. The van der Waals surface area contributed by atoms with Crippen LogP contribution in [0.2, 0.25) is 0 Å². The second-order valence-corrected chi connectivity index (χ2v) is 14.5. The lowest BCUT2D eigenvalue weighted by atomic mass is 9.81. The van der Waals surface area contributed by atoms with Crippen molar-refractivity contribution in [2.45, 2.75) is 64.0 Å². The SMILES string of the molecule is COc1ccc2c(c1)OCCn1c-2c(C2CCCCC2)c2ccc(C(=O)N[C@@H](Cc3c[nH]c4ccc(OCC(=O)O)cc34)c3csc(C)n3)cc21. The van der Waals surface area contributed by atoms with E-state index >= 15 is 0 Å². The van der Waals surface area contributed by atoms with Gasteiger partial charge in [-0.15, -0.1) is 11.3 Å². The Labute approximate surface area is 299 Å². The van der Waals surface area contributed by atoms with Crippen molar-refractivity contribution in [1.82, 2.24) is 19.9 Å². The van der Waals surface area contributed by atoms with Crippen molar-refractivity contribution in [2.75, 3.05) is 20.3 Å². The van der Waals surface area contributed by atoms with Gasteiger partial charge in [-0.2, -0.15) is 0 Å². The minimum absolute atomic E-state index is 0.178. The minimum atomic E-state index is -1.04. The monoisotopic (exact) mass is 704 g/mol. The molecule has 3 aromatic heterocycles. The van der Waals surface area contributed by atoms with Gasteiger partial charge in [0.1, 0.15) is 23.9 Å². The quantitative estimate of drug-likeness (QED) is 0.131. The zero-order chi connectivity index (χ0) is 35.1. The van der Waals surface area contributed by atoms with E-state index in [1.807, 2.05) is 54.9 Å². The van der Waals surface area contributed by atoms with E-state index in [9.17, 15) is 9.59 Å². The van der Waals surface area contributed by atoms with Gasteiger partial charge in [-0.3, -0.25) is 4.79 Å². The first-order valence-electron chi connectivity index (χ1n) is 17.5. The normalized spacial score (nSPS) is 15.1. The van der Waals surface area contributed by atoms with E-state index in [4.69, 9.17) is 24.3 Å². The highest BCUT2D eigenvalue weighted by Gasteiger charge is 2.30. The van der Waals surface area contributed by atoms with Gasteiger partial charge in [0.25, 0.3) is 5.91 Å². The zero-order valence-electron chi connectivity index (χ0n) is 28.7. The summed E-state index contributed by atoms with van der Waals surface area (Å²) < 4.78 is 19.6. The second-order valence-electron chi connectivity index (χ2n) is 13.4. The maximum atomic E-state index is 14.2. The summed E-state index contributed by atoms with van der Waals surface area (Å²) in [7, 11) is 1.67. The number of aliphatic carboxylic acids is 1. The van der Waals surface area contributed by atoms with Crippen LogP contribution in [0.15, 0.2) is 66.2 Å². The Balaban J connectivity index is 1.16. The molecule has 0 unspecified atom stereocenters. The second kappa shape index (κ2) is 13.8. The number of hydrogen-bond acceptors (Lipinski definition) is 7. The summed E-state index contributed by atoms with van der Waals surface area (Å²) in [6.45, 7) is 2.71. The van der Waals surface area contributed by atoms with Crippen LogP contribution in [-0.2, 0) is 17.8 Å². The van der Waals surface area contributed by atoms with Crippen molar-refractivity contribution in [2.24, 2.45) is 0 Å². The van der Waals surface area contributed by atoms with Gasteiger partial charge < -0.3 is 34.2 Å². The van der Waals surface area contributed by atoms with Crippen molar-refractivity contribution in [3.63, 3.8) is 0 Å². The topological polar surface area (TPSA) is 128 Å². The Morgan fingerprint density at radius 3 is 2.71 bits per heavy atom. The largest absolute Gasteiger partial charge is 0.497 e. The van der Waals surface area contributed by atoms with Crippen LogP contribution in [0.4, 0.5) is 0 Å². The Morgan fingerprint density at radius 2 is 1.92 bits per heavy atom. The standard InChI is InChI=1S/C40H40N4O6S/c1-23-42-34(22-51-23)33(16-26-20-41-32-13-10-28(18-31(26)32)50-21-37(45)46)43-40(47)25-8-11-29-35(17-25)44-14-15-49-36-19-27(48-2)9-12-30(36)39(44)38(29)24-6-4-3-5-7-24/h8-13,17-20,22,24,33,41H,3-7,14-16,21H2,1-2H3,(H,43,47)(H,45,46)/t33-/m0/s1. The molecule has 2 aliphatic rings. The molecule has 3 aromatic carbocycles. The number of hydrogen-bond donors (Lipinski definition) is 3. The summed E-state index contributed by atoms with van der Waals surface area (Å²) in [6, 6.07) is 17.3. The molecule has 0 bridgehead atoms. The van der Waals surface area contributed by atoms with Crippen LogP contribution in [0, 0.1) is 6.92 Å². The number of nitrogens with one attached hydrogen (secondary N) is 2. The molecule has 1 atom stereocenters. The number of fused-ring (bicyclic) bond motifs is 6. The molecule has 0 radical (unpaired) electrons. The fourth-order valence-corrected chi connectivity index (χ4v) is 8.50. The van der Waals surface area contributed by atoms with E-state index in [1.54, 1.807) is 24.5 Å². The first-order chi connectivity index (χ1) is 24.9. The lowest BCUT2D eigenvalue weighted by Gasteiger charge is -2.23. The van der Waals surface area contributed by atoms with E-state index in [0.717, 1.165) is 62.6 Å². The molecule has 10 nitrogen and oxygen atoms in total. The molecular formula is C40H40N4O6S. The van der Waals surface area contributed by atoms with Crippen molar-refractivity contribution in [3.05, 3.63) is 93.6 Å². The maximum Gasteiger partial charge on any atom is 0.341 e. The third-order valence-electron chi connectivity index (χ3n) is 10.2. The molecule has 3 N–H and O–H groups in total. The van der Waals surface area contributed by atoms with Crippen molar-refractivity contribution < 1.29 is 28.9 Å². The number of aromatic nitrogens is 3. The highest BCUT2D eigenvalue weighted by molar-refractivity contribution is 7.09. The van der Waals surface area contributed by atoms with Crippen LogP contribution >= 0.6 is 11.3 Å². The number of ether oxygens (including phenoxy) is 3. The van der Waals surface area contributed by atoms with E-state index in [1.165, 1.54) is 35.9 Å². The molecular weight excluding hydrogens is 665 g/mol. The Kier molecular flexibility index (Phi) is 8.89. The van der Waals surface area contributed by atoms with Gasteiger partial charge in [0, 0.05) is 57.0 Å². The van der Waals surface area contributed by atoms with Crippen LogP contribution in [0.25, 0.3) is 33.1 Å².